The van der Waals surface area contributed by atoms with Crippen LogP contribution in [0.25, 0.3) is 0 Å². The molecule has 0 aromatic heterocycles. The van der Waals surface area contributed by atoms with E-state index in [2.05, 4.69) is 50.9 Å². The average Bonchev–Trinajstić information content (AvgIpc) is 3.05. The van der Waals surface area contributed by atoms with Crippen molar-refractivity contribution in [2.24, 2.45) is 0 Å². The fraction of sp³-hybridized carbons (Fsp3) is 0.727. The first kappa shape index (κ1) is 20.3. The molecule has 0 amide bonds. The zero-order valence-corrected chi connectivity index (χ0v) is 17.4. The summed E-state index contributed by atoms with van der Waals surface area (Å²) in [5.74, 6) is 0. The van der Waals surface area contributed by atoms with E-state index < -0.39 is 5.60 Å². The molecule has 4 rings (SSSR count). The van der Waals surface area contributed by atoms with E-state index in [1.807, 2.05) is 0 Å². The molecule has 0 unspecified atom stereocenters. The van der Waals surface area contributed by atoms with Gasteiger partial charge in [0.2, 0.25) is 0 Å². The number of hydrogen-bond donors (Lipinski definition) is 1. The van der Waals surface area contributed by atoms with Crippen LogP contribution in [0.3, 0.4) is 0 Å². The number of β-amino-alcohol motifs (C(OH)–C–C–N with tert-alkyl or cyclic N) is 1. The third kappa shape index (κ3) is 5.53. The van der Waals surface area contributed by atoms with Gasteiger partial charge >= 0.3 is 0 Å². The van der Waals surface area contributed by atoms with E-state index in [0.717, 1.165) is 91.6 Å². The van der Waals surface area contributed by atoms with Gasteiger partial charge < -0.3 is 14.7 Å². The van der Waals surface area contributed by atoms with Crippen LogP contribution in [0.5, 0.6) is 0 Å². The predicted octanol–water partition coefficient (Wildman–Crippen LogP) is 0.703. The van der Waals surface area contributed by atoms with Crippen molar-refractivity contribution in [1.29, 1.82) is 0 Å². The Balaban J connectivity index is 1.28. The van der Waals surface area contributed by atoms with Gasteiger partial charge in [-0.15, -0.1) is 0 Å². The first-order chi connectivity index (χ1) is 13.6. The maximum absolute atomic E-state index is 11.1. The molecule has 3 saturated heterocycles. The molecule has 3 heterocycles. The molecule has 28 heavy (non-hydrogen) atoms. The Kier molecular flexibility index (Phi) is 6.66. The van der Waals surface area contributed by atoms with Gasteiger partial charge in [-0.2, -0.15) is 0 Å². The number of likely N-dealkylation sites (tertiary alicyclic amines) is 1. The summed E-state index contributed by atoms with van der Waals surface area (Å²) < 4.78 is 5.45. The Hall–Kier alpha value is -1.02. The van der Waals surface area contributed by atoms with Crippen molar-refractivity contribution in [2.45, 2.75) is 25.1 Å². The molecule has 6 heteroatoms. The zero-order valence-electron chi connectivity index (χ0n) is 17.4. The van der Waals surface area contributed by atoms with Gasteiger partial charge in [0.05, 0.1) is 18.8 Å². The Morgan fingerprint density at radius 1 is 0.893 bits per heavy atom. The molecule has 0 saturated carbocycles. The number of ether oxygens (including phenoxy) is 1. The van der Waals surface area contributed by atoms with Crippen LogP contribution in [0.1, 0.15) is 17.5 Å². The van der Waals surface area contributed by atoms with Crippen LogP contribution in [0.15, 0.2) is 24.3 Å². The maximum atomic E-state index is 11.1. The van der Waals surface area contributed by atoms with E-state index >= 15 is 0 Å². The van der Waals surface area contributed by atoms with Crippen molar-refractivity contribution in [1.82, 2.24) is 19.6 Å². The second-order valence-electron chi connectivity index (χ2n) is 8.97. The quantitative estimate of drug-likeness (QED) is 0.774. The Labute approximate surface area is 169 Å². The monoisotopic (exact) mass is 388 g/mol. The fourth-order valence-corrected chi connectivity index (χ4v) is 4.73. The number of nitrogens with zero attached hydrogens (tertiary/aromatic N) is 4. The second-order valence-corrected chi connectivity index (χ2v) is 8.97. The van der Waals surface area contributed by atoms with Gasteiger partial charge in [-0.05, 0) is 24.6 Å². The van der Waals surface area contributed by atoms with Gasteiger partial charge in [0.1, 0.15) is 0 Å². The first-order valence-electron chi connectivity index (χ1n) is 10.8. The molecule has 1 N–H and O–H groups in total. The molecule has 0 bridgehead atoms. The van der Waals surface area contributed by atoms with Crippen LogP contribution in [0.2, 0.25) is 0 Å². The topological polar surface area (TPSA) is 42.4 Å². The van der Waals surface area contributed by atoms with Gasteiger partial charge in [-0.25, -0.2) is 0 Å². The highest BCUT2D eigenvalue weighted by Gasteiger charge is 2.37. The molecular formula is C22H36N4O2. The molecule has 3 aliphatic rings. The molecular weight excluding hydrogens is 352 g/mol. The summed E-state index contributed by atoms with van der Waals surface area (Å²) >= 11 is 0. The lowest BCUT2D eigenvalue weighted by molar-refractivity contribution is -0.000369. The Morgan fingerprint density at radius 3 is 2.29 bits per heavy atom. The van der Waals surface area contributed by atoms with E-state index in [4.69, 9.17) is 4.74 Å². The van der Waals surface area contributed by atoms with Gasteiger partial charge in [-0.3, -0.25) is 14.7 Å². The summed E-state index contributed by atoms with van der Waals surface area (Å²) in [4.78, 5) is 9.69. The van der Waals surface area contributed by atoms with Crippen LogP contribution in [-0.4, -0.2) is 109 Å². The van der Waals surface area contributed by atoms with Crippen molar-refractivity contribution in [3.8, 4) is 0 Å². The highest BCUT2D eigenvalue weighted by atomic mass is 16.5. The number of rotatable bonds is 6. The summed E-state index contributed by atoms with van der Waals surface area (Å²) in [5.41, 5.74) is 2.18. The summed E-state index contributed by atoms with van der Waals surface area (Å²) in [6, 6.07) is 8.97. The molecule has 3 fully saturated rings. The molecule has 1 atom stereocenters. The molecule has 0 aliphatic carbocycles. The molecule has 6 nitrogen and oxygen atoms in total. The lowest BCUT2D eigenvalue weighted by atomic mass is 10.0. The molecule has 0 spiro atoms. The van der Waals surface area contributed by atoms with Gasteiger partial charge in [0.15, 0.2) is 0 Å². The SMILES string of the molecule is CN1CCN(C[C@@]2(O)CCN(Cc3cccc(CN4CCOCC4)c3)C2)CC1. The van der Waals surface area contributed by atoms with Gasteiger partial charge in [0.25, 0.3) is 0 Å². The van der Waals surface area contributed by atoms with E-state index in [9.17, 15) is 5.11 Å². The molecule has 0 radical (unpaired) electrons. The van der Waals surface area contributed by atoms with Crippen LogP contribution in [0.4, 0.5) is 0 Å². The number of hydrogen-bond acceptors (Lipinski definition) is 6. The van der Waals surface area contributed by atoms with E-state index in [0.29, 0.717) is 0 Å². The summed E-state index contributed by atoms with van der Waals surface area (Å²) in [6.45, 7) is 12.6. The van der Waals surface area contributed by atoms with Crippen LogP contribution in [0, 0.1) is 0 Å². The van der Waals surface area contributed by atoms with Crippen LogP contribution in [-0.2, 0) is 17.8 Å². The highest BCUT2D eigenvalue weighted by Crippen LogP contribution is 2.25. The normalized spacial score (nSPS) is 28.8. The largest absolute Gasteiger partial charge is 0.387 e. The number of aliphatic hydroxyl groups is 1. The highest BCUT2D eigenvalue weighted by molar-refractivity contribution is 5.23. The van der Waals surface area contributed by atoms with Crippen LogP contribution >= 0.6 is 0 Å². The molecule has 1 aromatic rings. The lowest BCUT2D eigenvalue weighted by Crippen LogP contribution is -2.51. The van der Waals surface area contributed by atoms with E-state index in [1.165, 1.54) is 11.1 Å². The second kappa shape index (κ2) is 9.20. The number of likely N-dealkylation sites (N-methyl/N-ethyl adjacent to an activating group) is 1. The van der Waals surface area contributed by atoms with Crippen LogP contribution < -0.4 is 0 Å². The maximum Gasteiger partial charge on any atom is 0.0912 e. The molecule has 1 aromatic carbocycles. The number of morpholine rings is 1. The third-order valence-electron chi connectivity index (χ3n) is 6.43. The van der Waals surface area contributed by atoms with Crippen molar-refractivity contribution < 1.29 is 9.84 Å². The van der Waals surface area contributed by atoms with Crippen molar-refractivity contribution in [3.05, 3.63) is 35.4 Å². The average molecular weight is 389 g/mol. The minimum atomic E-state index is -0.554. The smallest absolute Gasteiger partial charge is 0.0912 e. The van der Waals surface area contributed by atoms with Crippen molar-refractivity contribution in [2.75, 3.05) is 79.2 Å². The predicted molar refractivity (Wildman–Crippen MR) is 111 cm³/mol. The van der Waals surface area contributed by atoms with E-state index in [-0.39, 0.29) is 0 Å². The van der Waals surface area contributed by atoms with Crippen molar-refractivity contribution >= 4 is 0 Å². The van der Waals surface area contributed by atoms with E-state index in [1.54, 1.807) is 0 Å². The van der Waals surface area contributed by atoms with Gasteiger partial charge in [-0.1, -0.05) is 24.3 Å². The first-order valence-corrected chi connectivity index (χ1v) is 10.8. The minimum Gasteiger partial charge on any atom is -0.387 e. The molecule has 3 aliphatic heterocycles. The summed E-state index contributed by atoms with van der Waals surface area (Å²) in [7, 11) is 2.18. The zero-order chi connectivity index (χ0) is 19.4. The van der Waals surface area contributed by atoms with Gasteiger partial charge in [0, 0.05) is 72.0 Å². The Morgan fingerprint density at radius 2 is 1.57 bits per heavy atom. The number of piperazine rings is 1. The standard InChI is InChI=1S/C22H36N4O2/c1-23-7-9-25(10-8-23)18-22(27)5-6-26(19-22)17-21-4-2-3-20(15-21)16-24-11-13-28-14-12-24/h2-4,15,27H,5-14,16-19H2,1H3/t22-/m0/s1. The number of benzene rings is 1. The fourth-order valence-electron chi connectivity index (χ4n) is 4.73. The Bertz CT molecular complexity index is 629. The lowest BCUT2D eigenvalue weighted by Gasteiger charge is -2.37. The summed E-state index contributed by atoms with van der Waals surface area (Å²) in [5, 5.41) is 11.1. The minimum absolute atomic E-state index is 0.554. The molecule has 156 valence electrons. The summed E-state index contributed by atoms with van der Waals surface area (Å²) in [6.07, 6.45) is 0.882. The third-order valence-corrected chi connectivity index (χ3v) is 6.43. The van der Waals surface area contributed by atoms with Crippen molar-refractivity contribution in [3.63, 3.8) is 0 Å².